The molecule has 0 atom stereocenters. The number of aryl methyl sites for hydroxylation is 1. The Morgan fingerprint density at radius 2 is 1.76 bits per heavy atom. The van der Waals surface area contributed by atoms with Crippen LogP contribution in [0.25, 0.3) is 22.0 Å². The van der Waals surface area contributed by atoms with E-state index in [2.05, 4.69) is 22.2 Å². The summed E-state index contributed by atoms with van der Waals surface area (Å²) in [6, 6.07) is 13.2. The van der Waals surface area contributed by atoms with Crippen LogP contribution in [0.4, 0.5) is 17.2 Å². The van der Waals surface area contributed by atoms with Gasteiger partial charge in [0.15, 0.2) is 5.75 Å². The summed E-state index contributed by atoms with van der Waals surface area (Å²) in [5.41, 5.74) is 5.63. The molecule has 0 unspecified atom stereocenters. The number of anilines is 3. The fraction of sp³-hybridized carbons (Fsp3) is 0.250. The molecule has 5 rings (SSSR count). The number of nitrogens with zero attached hydrogens (tertiary/aromatic N) is 4. The van der Waals surface area contributed by atoms with Gasteiger partial charge in [-0.2, -0.15) is 0 Å². The van der Waals surface area contributed by atoms with E-state index in [-0.39, 0.29) is 22.2 Å². The van der Waals surface area contributed by atoms with E-state index in [1.54, 1.807) is 12.1 Å². The van der Waals surface area contributed by atoms with Crippen LogP contribution in [0.15, 0.2) is 48.7 Å². The summed E-state index contributed by atoms with van der Waals surface area (Å²) in [6.07, 6.45) is 2.94. The zero-order chi connectivity index (χ0) is 26.1. The van der Waals surface area contributed by atoms with Gasteiger partial charge in [-0.05, 0) is 61.5 Å². The molecule has 4 aromatic rings. The van der Waals surface area contributed by atoms with Gasteiger partial charge in [-0.1, -0.05) is 29.3 Å². The minimum absolute atomic E-state index is 0.145. The molecule has 9 heteroatoms. The van der Waals surface area contributed by atoms with Crippen molar-refractivity contribution in [2.75, 3.05) is 43.4 Å². The molecule has 0 aliphatic carbocycles. The molecule has 1 aliphatic rings. The van der Waals surface area contributed by atoms with Crippen molar-refractivity contribution in [3.05, 3.63) is 70.0 Å². The summed E-state index contributed by atoms with van der Waals surface area (Å²) in [7, 11) is 2.13. The highest BCUT2D eigenvalue weighted by molar-refractivity contribution is 6.37. The fourth-order valence-corrected chi connectivity index (χ4v) is 5.13. The number of rotatable bonds is 6. The lowest BCUT2D eigenvalue weighted by Crippen LogP contribution is -2.44. The number of hydrogen-bond donors (Lipinski definition) is 2. The van der Waals surface area contributed by atoms with Crippen LogP contribution in [0, 0.1) is 6.92 Å². The Morgan fingerprint density at radius 3 is 2.41 bits per heavy atom. The van der Waals surface area contributed by atoms with Crippen molar-refractivity contribution in [1.29, 1.82) is 0 Å². The molecule has 0 spiro atoms. The third kappa shape index (κ3) is 5.21. The number of carbonyl (C=O) groups is 1. The van der Waals surface area contributed by atoms with Crippen LogP contribution < -0.4 is 10.2 Å². The Bertz CT molecular complexity index is 1450. The quantitative estimate of drug-likeness (QED) is 0.299. The second-order valence-corrected chi connectivity index (χ2v) is 10.1. The second kappa shape index (κ2) is 10.5. The largest absolute Gasteiger partial charge is 0.505 e. The van der Waals surface area contributed by atoms with Crippen molar-refractivity contribution < 1.29 is 9.90 Å². The van der Waals surface area contributed by atoms with Gasteiger partial charge in [0.2, 0.25) is 0 Å². The minimum Gasteiger partial charge on any atom is -0.505 e. The molecule has 0 radical (unpaired) electrons. The third-order valence-corrected chi connectivity index (χ3v) is 7.35. The Balaban J connectivity index is 1.55. The number of aldehydes is 1. The van der Waals surface area contributed by atoms with E-state index in [1.807, 2.05) is 43.5 Å². The van der Waals surface area contributed by atoms with E-state index in [9.17, 15) is 9.90 Å². The number of phenolic OH excluding ortho intramolecular Hbond substituents is 1. The number of hydrogen-bond acceptors (Lipinski definition) is 7. The maximum Gasteiger partial charge on any atom is 0.152 e. The Morgan fingerprint density at radius 1 is 1.03 bits per heavy atom. The maximum atomic E-state index is 11.6. The van der Waals surface area contributed by atoms with Crippen molar-refractivity contribution in [2.45, 2.75) is 13.3 Å². The third-order valence-electron chi connectivity index (χ3n) is 6.77. The number of fused-ring (bicyclic) bond motifs is 1. The van der Waals surface area contributed by atoms with Crippen molar-refractivity contribution in [2.24, 2.45) is 0 Å². The number of piperazine rings is 1. The van der Waals surface area contributed by atoms with E-state index in [1.165, 1.54) is 0 Å². The molecule has 37 heavy (non-hydrogen) atoms. The molecule has 0 saturated carbocycles. The van der Waals surface area contributed by atoms with Crippen LogP contribution in [0.3, 0.4) is 0 Å². The highest BCUT2D eigenvalue weighted by Crippen LogP contribution is 2.39. The minimum atomic E-state index is -0.145. The van der Waals surface area contributed by atoms with E-state index in [4.69, 9.17) is 33.2 Å². The number of halogens is 2. The van der Waals surface area contributed by atoms with Crippen molar-refractivity contribution in [1.82, 2.24) is 14.9 Å². The van der Waals surface area contributed by atoms with E-state index in [0.717, 1.165) is 82.9 Å². The molecular weight excluding hydrogens is 509 g/mol. The number of phenols is 1. The first-order chi connectivity index (χ1) is 17.8. The predicted molar refractivity (Wildman–Crippen MR) is 151 cm³/mol. The highest BCUT2D eigenvalue weighted by atomic mass is 35.5. The van der Waals surface area contributed by atoms with Gasteiger partial charge in [-0.15, -0.1) is 0 Å². The molecule has 2 aromatic heterocycles. The molecule has 1 fully saturated rings. The van der Waals surface area contributed by atoms with Crippen LogP contribution in [-0.4, -0.2) is 59.5 Å². The van der Waals surface area contributed by atoms with E-state index < -0.39 is 0 Å². The average Bonchev–Trinajstić information content (AvgIpc) is 2.89. The number of benzene rings is 2. The summed E-state index contributed by atoms with van der Waals surface area (Å²) < 4.78 is 0. The Labute approximate surface area is 225 Å². The number of aromatic nitrogens is 2. The van der Waals surface area contributed by atoms with Crippen molar-refractivity contribution in [3.63, 3.8) is 0 Å². The first kappa shape index (κ1) is 25.3. The maximum absolute atomic E-state index is 11.6. The molecule has 0 amide bonds. The van der Waals surface area contributed by atoms with Crippen LogP contribution in [0.2, 0.25) is 10.0 Å². The number of likely N-dealkylation sites (N-methyl/N-ethyl adjacent to an activating group) is 1. The predicted octanol–water partition coefficient (Wildman–Crippen LogP) is 5.85. The number of nitrogens with one attached hydrogen (secondary N) is 1. The lowest BCUT2D eigenvalue weighted by Gasteiger charge is -2.33. The summed E-state index contributed by atoms with van der Waals surface area (Å²) in [5, 5.41) is 14.7. The van der Waals surface area contributed by atoms with Gasteiger partial charge < -0.3 is 25.0 Å². The summed E-state index contributed by atoms with van der Waals surface area (Å²) in [4.78, 5) is 25.6. The van der Waals surface area contributed by atoms with Gasteiger partial charge in [0.1, 0.15) is 12.1 Å². The molecule has 190 valence electrons. The van der Waals surface area contributed by atoms with Gasteiger partial charge in [-0.3, -0.25) is 4.98 Å². The molecule has 1 aliphatic heterocycles. The summed E-state index contributed by atoms with van der Waals surface area (Å²) >= 11 is 12.4. The second-order valence-electron chi connectivity index (χ2n) is 9.26. The van der Waals surface area contributed by atoms with Crippen molar-refractivity contribution in [3.8, 4) is 16.9 Å². The van der Waals surface area contributed by atoms with Gasteiger partial charge >= 0.3 is 0 Å². The monoisotopic (exact) mass is 535 g/mol. The fourth-order valence-electron chi connectivity index (χ4n) is 4.64. The molecule has 7 nitrogen and oxygen atoms in total. The zero-order valence-corrected chi connectivity index (χ0v) is 22.1. The van der Waals surface area contributed by atoms with Gasteiger partial charge in [-0.25, -0.2) is 4.98 Å². The van der Waals surface area contributed by atoms with Crippen LogP contribution in [-0.2, 0) is 11.2 Å². The first-order valence-electron chi connectivity index (χ1n) is 12.1. The zero-order valence-electron chi connectivity index (χ0n) is 20.6. The van der Waals surface area contributed by atoms with Gasteiger partial charge in [0.25, 0.3) is 0 Å². The highest BCUT2D eigenvalue weighted by Gasteiger charge is 2.17. The topological polar surface area (TPSA) is 81.6 Å². The number of aromatic hydroxyl groups is 1. The van der Waals surface area contributed by atoms with Gasteiger partial charge in [0, 0.05) is 49.2 Å². The summed E-state index contributed by atoms with van der Waals surface area (Å²) in [6.45, 7) is 5.83. The van der Waals surface area contributed by atoms with Crippen molar-refractivity contribution >= 4 is 57.6 Å². The molecular formula is C28H27Cl2N5O2. The molecule has 2 aromatic carbocycles. The molecule has 0 bridgehead atoms. The number of carbonyl (C=O) groups excluding carboxylic acids is 1. The number of pyridine rings is 2. The average molecular weight is 536 g/mol. The van der Waals surface area contributed by atoms with Gasteiger partial charge in [0.05, 0.1) is 33.1 Å². The van der Waals surface area contributed by atoms with Crippen LogP contribution in [0.1, 0.15) is 11.3 Å². The first-order valence-corrected chi connectivity index (χ1v) is 12.8. The Kier molecular flexibility index (Phi) is 7.20. The van der Waals surface area contributed by atoms with E-state index in [0.29, 0.717) is 0 Å². The standard InChI is InChI=1S/C28H27Cl2N5O2/c1-17-21(7-12-36)27(33-20-4-6-26(31-16-20)35-10-8-34(2)9-11-35)22-13-18(3-5-25(22)32-17)19-14-23(29)28(37)24(30)15-19/h3-6,12-16,37H,7-11H2,1-2H3,(H,32,33). The molecule has 1 saturated heterocycles. The smallest absolute Gasteiger partial charge is 0.152 e. The van der Waals surface area contributed by atoms with Crippen LogP contribution in [0.5, 0.6) is 5.75 Å². The Hall–Kier alpha value is -3.39. The molecule has 3 heterocycles. The van der Waals surface area contributed by atoms with Crippen LogP contribution >= 0.6 is 23.2 Å². The van der Waals surface area contributed by atoms with E-state index >= 15 is 0 Å². The lowest BCUT2D eigenvalue weighted by molar-refractivity contribution is -0.107. The molecule has 2 N–H and O–H groups in total. The summed E-state index contributed by atoms with van der Waals surface area (Å²) in [5.74, 6) is 0.805. The SMILES string of the molecule is Cc1nc2ccc(-c3cc(Cl)c(O)c(Cl)c3)cc2c(Nc2ccc(N3CCN(C)CC3)nc2)c1CC=O. The normalized spacial score (nSPS) is 14.2. The lowest BCUT2D eigenvalue weighted by atomic mass is 9.98.